The Morgan fingerprint density at radius 2 is 1.87 bits per heavy atom. The highest BCUT2D eigenvalue weighted by atomic mass is 32.1. The molecular formula is C21H20N4O5S. The van der Waals surface area contributed by atoms with Crippen molar-refractivity contribution in [3.8, 4) is 0 Å². The smallest absolute Gasteiger partial charge is 0.305 e. The van der Waals surface area contributed by atoms with Crippen molar-refractivity contribution in [2.75, 3.05) is 0 Å². The molecule has 3 aromatic rings. The first kappa shape index (κ1) is 20.6. The van der Waals surface area contributed by atoms with Gasteiger partial charge in [0.25, 0.3) is 11.8 Å². The van der Waals surface area contributed by atoms with Crippen LogP contribution in [-0.2, 0) is 6.42 Å². The maximum absolute atomic E-state index is 12.6. The van der Waals surface area contributed by atoms with Crippen LogP contribution in [0.4, 0.5) is 0 Å². The summed E-state index contributed by atoms with van der Waals surface area (Å²) in [6.07, 6.45) is 3.48. The van der Waals surface area contributed by atoms with E-state index in [9.17, 15) is 14.4 Å². The largest absolute Gasteiger partial charge is 0.469 e. The lowest BCUT2D eigenvalue weighted by Gasteiger charge is -2.13. The van der Waals surface area contributed by atoms with Crippen LogP contribution >= 0.6 is 11.3 Å². The molecule has 0 radical (unpaired) electrons. The van der Waals surface area contributed by atoms with Gasteiger partial charge in [0, 0.05) is 17.5 Å². The van der Waals surface area contributed by atoms with Crippen LogP contribution in [-0.4, -0.2) is 23.4 Å². The van der Waals surface area contributed by atoms with Crippen LogP contribution in [0, 0.1) is 13.8 Å². The van der Waals surface area contributed by atoms with E-state index < -0.39 is 11.8 Å². The van der Waals surface area contributed by atoms with Crippen LogP contribution in [0.3, 0.4) is 0 Å². The van der Waals surface area contributed by atoms with E-state index in [0.29, 0.717) is 46.1 Å². The van der Waals surface area contributed by atoms with Gasteiger partial charge in [-0.3, -0.25) is 25.2 Å². The molecule has 4 rings (SSSR count). The summed E-state index contributed by atoms with van der Waals surface area (Å²) >= 11 is 1.33. The standard InChI is InChI=1S/C21H20N4O5S/c1-11-17-14(22-24-20(27)16-7-4-10-31-16)5-3-6-15(17)30-18(11)21(28)25-23-19(26)13-8-9-29-12(13)2/h4,7-10H,3,5-6H2,1-2H3,(H,23,26)(H,24,27)(H,25,28)/b22-14+. The average Bonchev–Trinajstić information content (AvgIpc) is 3.51. The van der Waals surface area contributed by atoms with Crippen LogP contribution in [0.2, 0.25) is 0 Å². The molecule has 0 unspecified atom stereocenters. The number of amides is 3. The summed E-state index contributed by atoms with van der Waals surface area (Å²) in [5, 5.41) is 6.10. The van der Waals surface area contributed by atoms with Crippen LogP contribution in [0.5, 0.6) is 0 Å². The van der Waals surface area contributed by atoms with Gasteiger partial charge in [0.15, 0.2) is 5.76 Å². The van der Waals surface area contributed by atoms with Gasteiger partial charge in [-0.1, -0.05) is 6.07 Å². The van der Waals surface area contributed by atoms with E-state index in [1.807, 2.05) is 5.38 Å². The minimum Gasteiger partial charge on any atom is -0.469 e. The highest BCUT2D eigenvalue weighted by Crippen LogP contribution is 2.29. The molecule has 3 heterocycles. The van der Waals surface area contributed by atoms with E-state index in [0.717, 1.165) is 12.0 Å². The first-order valence-corrected chi connectivity index (χ1v) is 10.5. The molecule has 0 fully saturated rings. The van der Waals surface area contributed by atoms with Crippen LogP contribution < -0.4 is 16.3 Å². The van der Waals surface area contributed by atoms with E-state index in [-0.39, 0.29) is 11.7 Å². The van der Waals surface area contributed by atoms with E-state index in [4.69, 9.17) is 8.83 Å². The van der Waals surface area contributed by atoms with Crippen LogP contribution in [0.15, 0.2) is 43.8 Å². The van der Waals surface area contributed by atoms with Crippen molar-refractivity contribution in [3.05, 3.63) is 68.7 Å². The van der Waals surface area contributed by atoms with Crippen molar-refractivity contribution in [1.82, 2.24) is 16.3 Å². The number of fused-ring (bicyclic) bond motifs is 1. The Bertz CT molecular complexity index is 1170. The molecule has 1 aliphatic carbocycles. The number of hydrogen-bond donors (Lipinski definition) is 3. The molecule has 0 saturated carbocycles. The molecule has 31 heavy (non-hydrogen) atoms. The molecule has 0 spiro atoms. The lowest BCUT2D eigenvalue weighted by atomic mass is 9.93. The number of carbonyl (C=O) groups is 3. The highest BCUT2D eigenvalue weighted by Gasteiger charge is 2.28. The van der Waals surface area contributed by atoms with Crippen molar-refractivity contribution in [1.29, 1.82) is 0 Å². The Morgan fingerprint density at radius 1 is 1.06 bits per heavy atom. The summed E-state index contributed by atoms with van der Waals surface area (Å²) in [7, 11) is 0. The quantitative estimate of drug-likeness (QED) is 0.538. The number of thiophene rings is 1. The molecule has 3 amide bonds. The van der Waals surface area contributed by atoms with Gasteiger partial charge in [-0.2, -0.15) is 5.10 Å². The fourth-order valence-corrected chi connectivity index (χ4v) is 4.05. The Balaban J connectivity index is 1.49. The maximum atomic E-state index is 12.6. The fraction of sp³-hybridized carbons (Fsp3) is 0.238. The lowest BCUT2D eigenvalue weighted by Crippen LogP contribution is -2.41. The predicted molar refractivity (Wildman–Crippen MR) is 113 cm³/mol. The van der Waals surface area contributed by atoms with E-state index in [1.165, 1.54) is 23.7 Å². The molecule has 0 atom stereocenters. The summed E-state index contributed by atoms with van der Waals surface area (Å²) in [5.74, 6) is -0.188. The monoisotopic (exact) mass is 440 g/mol. The van der Waals surface area contributed by atoms with Gasteiger partial charge in [-0.05, 0) is 44.2 Å². The third kappa shape index (κ3) is 4.15. The molecule has 3 aromatic heterocycles. The maximum Gasteiger partial charge on any atom is 0.305 e. The fourth-order valence-electron chi connectivity index (χ4n) is 3.44. The van der Waals surface area contributed by atoms with Crippen molar-refractivity contribution in [2.24, 2.45) is 5.10 Å². The first-order valence-electron chi connectivity index (χ1n) is 9.63. The lowest BCUT2D eigenvalue weighted by molar-refractivity contribution is 0.0828. The number of carbonyl (C=O) groups excluding carboxylic acids is 3. The molecule has 3 N–H and O–H groups in total. The van der Waals surface area contributed by atoms with Gasteiger partial charge >= 0.3 is 5.91 Å². The second-order valence-corrected chi connectivity index (χ2v) is 7.93. The number of aryl methyl sites for hydroxylation is 2. The molecule has 10 heteroatoms. The minimum atomic E-state index is -0.580. The van der Waals surface area contributed by atoms with Crippen molar-refractivity contribution >= 4 is 34.8 Å². The Labute approximate surface area is 181 Å². The number of hydrazone groups is 1. The van der Waals surface area contributed by atoms with Crippen molar-refractivity contribution in [3.63, 3.8) is 0 Å². The average molecular weight is 440 g/mol. The summed E-state index contributed by atoms with van der Waals surface area (Å²) in [6, 6.07) is 5.03. The van der Waals surface area contributed by atoms with Gasteiger partial charge in [-0.25, -0.2) is 5.43 Å². The second kappa shape index (κ2) is 8.60. The zero-order chi connectivity index (χ0) is 22.0. The summed E-state index contributed by atoms with van der Waals surface area (Å²) in [4.78, 5) is 37.5. The second-order valence-electron chi connectivity index (χ2n) is 6.98. The van der Waals surface area contributed by atoms with Gasteiger partial charge in [0.1, 0.15) is 11.5 Å². The number of hydrogen-bond acceptors (Lipinski definition) is 7. The zero-order valence-electron chi connectivity index (χ0n) is 16.9. The van der Waals surface area contributed by atoms with Gasteiger partial charge < -0.3 is 8.83 Å². The molecule has 1 aliphatic rings. The minimum absolute atomic E-state index is 0.0911. The van der Waals surface area contributed by atoms with Gasteiger partial charge in [-0.15, -0.1) is 11.3 Å². The molecule has 0 saturated heterocycles. The molecule has 0 aromatic carbocycles. The Morgan fingerprint density at radius 3 is 2.58 bits per heavy atom. The van der Waals surface area contributed by atoms with E-state index in [1.54, 1.807) is 26.0 Å². The third-order valence-electron chi connectivity index (χ3n) is 4.96. The summed E-state index contributed by atoms with van der Waals surface area (Å²) < 4.78 is 10.9. The molecular weight excluding hydrogens is 420 g/mol. The van der Waals surface area contributed by atoms with Gasteiger partial charge in [0.05, 0.1) is 22.4 Å². The molecule has 0 aliphatic heterocycles. The predicted octanol–water partition coefficient (Wildman–Crippen LogP) is 3.10. The normalized spacial score (nSPS) is 14.2. The number of hydrazine groups is 1. The first-order chi connectivity index (χ1) is 15.0. The molecule has 160 valence electrons. The van der Waals surface area contributed by atoms with E-state index in [2.05, 4.69) is 21.4 Å². The number of nitrogens with zero attached hydrogens (tertiary/aromatic N) is 1. The highest BCUT2D eigenvalue weighted by molar-refractivity contribution is 7.12. The third-order valence-corrected chi connectivity index (χ3v) is 5.83. The van der Waals surface area contributed by atoms with Crippen LogP contribution in [0.25, 0.3) is 0 Å². The zero-order valence-corrected chi connectivity index (χ0v) is 17.7. The number of rotatable bonds is 4. The van der Waals surface area contributed by atoms with Gasteiger partial charge in [0.2, 0.25) is 0 Å². The van der Waals surface area contributed by atoms with Crippen LogP contribution in [0.1, 0.15) is 66.1 Å². The van der Waals surface area contributed by atoms with Crippen molar-refractivity contribution < 1.29 is 23.2 Å². The summed E-state index contributed by atoms with van der Waals surface area (Å²) in [5.41, 5.74) is 9.60. The molecule has 0 bridgehead atoms. The van der Waals surface area contributed by atoms with E-state index >= 15 is 0 Å². The number of furan rings is 2. The summed E-state index contributed by atoms with van der Waals surface area (Å²) in [6.45, 7) is 3.40. The van der Waals surface area contributed by atoms with Crippen molar-refractivity contribution in [2.45, 2.75) is 33.1 Å². The Hall–Kier alpha value is -3.66. The molecule has 9 nitrogen and oxygen atoms in total. The SMILES string of the molecule is Cc1occc1C(=O)NNC(=O)c1oc2c(c1C)/C(=N/NC(=O)c1cccs1)CCC2. The Kier molecular flexibility index (Phi) is 5.72. The number of nitrogens with one attached hydrogen (secondary N) is 3. The topological polar surface area (TPSA) is 126 Å².